The first-order valence-electron chi connectivity index (χ1n) is 8.28. The highest BCUT2D eigenvalue weighted by Gasteiger charge is 2.29. The smallest absolute Gasteiger partial charge is 0.317 e. The Morgan fingerprint density at radius 3 is 2.78 bits per heavy atom. The lowest BCUT2D eigenvalue weighted by Gasteiger charge is -2.30. The predicted molar refractivity (Wildman–Crippen MR) is 86.2 cm³/mol. The topological polar surface area (TPSA) is 98.3 Å². The van der Waals surface area contributed by atoms with E-state index >= 15 is 0 Å². The summed E-state index contributed by atoms with van der Waals surface area (Å²) >= 11 is 0. The number of urea groups is 1. The van der Waals surface area contributed by atoms with E-state index in [-0.39, 0.29) is 18.5 Å². The van der Waals surface area contributed by atoms with Gasteiger partial charge < -0.3 is 15.3 Å². The molecule has 7 nitrogen and oxygen atoms in total. The summed E-state index contributed by atoms with van der Waals surface area (Å²) in [6, 6.07) is -0.0713. The van der Waals surface area contributed by atoms with Gasteiger partial charge in [0, 0.05) is 30.8 Å². The van der Waals surface area contributed by atoms with E-state index < -0.39 is 5.97 Å². The first-order valence-corrected chi connectivity index (χ1v) is 8.28. The summed E-state index contributed by atoms with van der Waals surface area (Å²) in [7, 11) is 0. The third-order valence-corrected chi connectivity index (χ3v) is 4.38. The van der Waals surface area contributed by atoms with E-state index in [1.54, 1.807) is 0 Å². The fourth-order valence-electron chi connectivity index (χ4n) is 3.24. The number of hydrogen-bond donors (Lipinski definition) is 3. The first kappa shape index (κ1) is 17.3. The maximum absolute atomic E-state index is 12.6. The van der Waals surface area contributed by atoms with Gasteiger partial charge in [-0.05, 0) is 33.1 Å². The van der Waals surface area contributed by atoms with Crippen LogP contribution in [0.3, 0.4) is 0 Å². The molecular formula is C16H26N4O3. The van der Waals surface area contributed by atoms with Crippen LogP contribution in [-0.2, 0) is 4.79 Å². The lowest BCUT2D eigenvalue weighted by molar-refractivity contribution is -0.137. The highest BCUT2D eigenvalue weighted by atomic mass is 16.4. The number of carbonyl (C=O) groups excluding carboxylic acids is 1. The monoisotopic (exact) mass is 322 g/mol. The normalized spacial score (nSPS) is 18.5. The number of hydrogen-bond acceptors (Lipinski definition) is 3. The van der Waals surface area contributed by atoms with Crippen molar-refractivity contribution in [3.8, 4) is 0 Å². The van der Waals surface area contributed by atoms with Gasteiger partial charge in [0.25, 0.3) is 0 Å². The lowest BCUT2D eigenvalue weighted by Crippen LogP contribution is -2.42. The predicted octanol–water partition coefficient (Wildman–Crippen LogP) is 2.52. The van der Waals surface area contributed by atoms with Crippen molar-refractivity contribution in [3.05, 3.63) is 17.0 Å². The van der Waals surface area contributed by atoms with Crippen LogP contribution in [0.15, 0.2) is 0 Å². The molecule has 1 aromatic heterocycles. The van der Waals surface area contributed by atoms with Crippen LogP contribution >= 0.6 is 0 Å². The zero-order chi connectivity index (χ0) is 16.8. The number of H-pyrrole nitrogens is 1. The number of aromatic amines is 1. The fourth-order valence-corrected chi connectivity index (χ4v) is 3.24. The molecule has 0 spiro atoms. The Morgan fingerprint density at radius 2 is 2.13 bits per heavy atom. The summed E-state index contributed by atoms with van der Waals surface area (Å²) in [5.41, 5.74) is 3.07. The van der Waals surface area contributed by atoms with Crippen molar-refractivity contribution in [2.45, 2.75) is 58.4 Å². The van der Waals surface area contributed by atoms with Gasteiger partial charge in [-0.1, -0.05) is 12.8 Å². The summed E-state index contributed by atoms with van der Waals surface area (Å²) in [6.07, 6.45) is 4.67. The number of carboxylic acid groups (broad SMARTS) is 1. The Labute approximate surface area is 136 Å². The molecule has 1 aromatic rings. The van der Waals surface area contributed by atoms with Crippen molar-refractivity contribution in [3.63, 3.8) is 0 Å². The molecule has 1 atom stereocenters. The lowest BCUT2D eigenvalue weighted by atomic mass is 9.99. The molecule has 3 N–H and O–H groups in total. The molecule has 1 unspecified atom stereocenters. The maximum Gasteiger partial charge on any atom is 0.317 e. The summed E-state index contributed by atoms with van der Waals surface area (Å²) in [4.78, 5) is 25.0. The fraction of sp³-hybridized carbons (Fsp3) is 0.688. The van der Waals surface area contributed by atoms with Crippen molar-refractivity contribution in [2.75, 3.05) is 13.1 Å². The van der Waals surface area contributed by atoms with Crippen LogP contribution in [0.1, 0.15) is 61.5 Å². The highest BCUT2D eigenvalue weighted by Crippen LogP contribution is 2.33. The number of nitrogens with one attached hydrogen (secondary N) is 2. The van der Waals surface area contributed by atoms with Crippen LogP contribution in [-0.4, -0.2) is 45.3 Å². The van der Waals surface area contributed by atoms with Gasteiger partial charge in [-0.15, -0.1) is 0 Å². The SMILES string of the molecule is Cc1n[nH]c(C)c1C1CCCCCN1C(=O)NCCCC(=O)O. The number of carboxylic acids is 1. The average molecular weight is 322 g/mol. The molecule has 128 valence electrons. The highest BCUT2D eigenvalue weighted by molar-refractivity contribution is 5.75. The molecule has 0 radical (unpaired) electrons. The van der Waals surface area contributed by atoms with Gasteiger partial charge in [-0.2, -0.15) is 5.10 Å². The number of aromatic nitrogens is 2. The van der Waals surface area contributed by atoms with E-state index in [1.165, 1.54) is 0 Å². The van der Waals surface area contributed by atoms with E-state index in [9.17, 15) is 9.59 Å². The van der Waals surface area contributed by atoms with Crippen molar-refractivity contribution >= 4 is 12.0 Å². The Balaban J connectivity index is 2.06. The Hall–Kier alpha value is -2.05. The number of carbonyl (C=O) groups is 2. The van der Waals surface area contributed by atoms with E-state index in [2.05, 4.69) is 15.5 Å². The summed E-state index contributed by atoms with van der Waals surface area (Å²) in [5.74, 6) is -0.837. The minimum atomic E-state index is -0.837. The maximum atomic E-state index is 12.6. The van der Waals surface area contributed by atoms with Crippen LogP contribution in [0.25, 0.3) is 0 Å². The first-order chi connectivity index (χ1) is 11.0. The van der Waals surface area contributed by atoms with Crippen LogP contribution in [0.2, 0.25) is 0 Å². The van der Waals surface area contributed by atoms with Gasteiger partial charge in [0.15, 0.2) is 0 Å². The van der Waals surface area contributed by atoms with E-state index in [0.29, 0.717) is 13.0 Å². The molecule has 0 aromatic carbocycles. The molecule has 1 aliphatic heterocycles. The number of nitrogens with zero attached hydrogens (tertiary/aromatic N) is 2. The number of amides is 2. The molecular weight excluding hydrogens is 296 g/mol. The van der Waals surface area contributed by atoms with Gasteiger partial charge >= 0.3 is 12.0 Å². The van der Waals surface area contributed by atoms with Gasteiger partial charge in [-0.3, -0.25) is 9.89 Å². The molecule has 0 aliphatic carbocycles. The Bertz CT molecular complexity index is 536. The van der Waals surface area contributed by atoms with Crippen LogP contribution in [0, 0.1) is 13.8 Å². The van der Waals surface area contributed by atoms with Crippen molar-refractivity contribution in [1.82, 2.24) is 20.4 Å². The average Bonchev–Trinajstić information content (AvgIpc) is 2.72. The minimum Gasteiger partial charge on any atom is -0.481 e. The van der Waals surface area contributed by atoms with Crippen molar-refractivity contribution in [1.29, 1.82) is 0 Å². The molecule has 1 aliphatic rings. The molecule has 1 fully saturated rings. The van der Waals surface area contributed by atoms with Crippen LogP contribution in [0.4, 0.5) is 4.79 Å². The number of rotatable bonds is 5. The van der Waals surface area contributed by atoms with E-state index in [4.69, 9.17) is 5.11 Å². The summed E-state index contributed by atoms with van der Waals surface area (Å²) < 4.78 is 0. The Morgan fingerprint density at radius 1 is 1.35 bits per heavy atom. The van der Waals surface area contributed by atoms with Crippen molar-refractivity contribution in [2.24, 2.45) is 0 Å². The second-order valence-corrected chi connectivity index (χ2v) is 6.14. The molecule has 23 heavy (non-hydrogen) atoms. The molecule has 2 amide bonds. The van der Waals surface area contributed by atoms with Crippen LogP contribution in [0.5, 0.6) is 0 Å². The third kappa shape index (κ3) is 4.46. The van der Waals surface area contributed by atoms with Gasteiger partial charge in [-0.25, -0.2) is 4.79 Å². The zero-order valence-electron chi connectivity index (χ0n) is 13.9. The van der Waals surface area contributed by atoms with Gasteiger partial charge in [0.05, 0.1) is 11.7 Å². The van der Waals surface area contributed by atoms with Gasteiger partial charge in [0.1, 0.15) is 0 Å². The minimum absolute atomic E-state index is 0.0377. The quantitative estimate of drug-likeness (QED) is 0.725. The summed E-state index contributed by atoms with van der Waals surface area (Å²) in [5, 5.41) is 18.8. The number of aliphatic carboxylic acids is 1. The summed E-state index contributed by atoms with van der Waals surface area (Å²) in [6.45, 7) is 5.06. The second kappa shape index (κ2) is 7.99. The molecule has 2 heterocycles. The second-order valence-electron chi connectivity index (χ2n) is 6.14. The third-order valence-electron chi connectivity index (χ3n) is 4.38. The zero-order valence-corrected chi connectivity index (χ0v) is 13.9. The van der Waals surface area contributed by atoms with E-state index in [1.807, 2.05) is 18.7 Å². The molecule has 2 rings (SSSR count). The standard InChI is InChI=1S/C16H26N4O3/c1-11-15(12(2)19-18-11)13-7-4-3-5-10-20(13)16(23)17-9-6-8-14(21)22/h13H,3-10H2,1-2H3,(H,17,23)(H,18,19)(H,21,22). The van der Waals surface area contributed by atoms with Crippen LogP contribution < -0.4 is 5.32 Å². The van der Waals surface area contributed by atoms with Crippen molar-refractivity contribution < 1.29 is 14.7 Å². The molecule has 0 bridgehead atoms. The molecule has 7 heteroatoms. The largest absolute Gasteiger partial charge is 0.481 e. The molecule has 1 saturated heterocycles. The van der Waals surface area contributed by atoms with E-state index in [0.717, 1.165) is 49.2 Å². The number of likely N-dealkylation sites (tertiary alicyclic amines) is 1. The Kier molecular flexibility index (Phi) is 6.01. The number of aryl methyl sites for hydroxylation is 2. The van der Waals surface area contributed by atoms with Gasteiger partial charge in [0.2, 0.25) is 0 Å². The molecule has 0 saturated carbocycles.